The lowest BCUT2D eigenvalue weighted by molar-refractivity contribution is 1.14. The van der Waals surface area contributed by atoms with Gasteiger partial charge in [-0.2, -0.15) is 0 Å². The molecule has 0 radical (unpaired) electrons. The number of benzene rings is 1. The van der Waals surface area contributed by atoms with Gasteiger partial charge in [-0.05, 0) is 37.0 Å². The van der Waals surface area contributed by atoms with Gasteiger partial charge in [0.2, 0.25) is 0 Å². The number of fused-ring (bicyclic) bond motifs is 1. The molecule has 1 aromatic carbocycles. The summed E-state index contributed by atoms with van der Waals surface area (Å²) in [5.74, 6) is 0. The molecule has 0 N–H and O–H groups in total. The third-order valence-corrected chi connectivity index (χ3v) is 2.53. The van der Waals surface area contributed by atoms with Gasteiger partial charge < -0.3 is 0 Å². The van der Waals surface area contributed by atoms with Gasteiger partial charge in [0.05, 0.1) is 0 Å². The second-order valence-corrected chi connectivity index (χ2v) is 3.70. The molecule has 1 aliphatic rings. The highest BCUT2D eigenvalue weighted by Crippen LogP contribution is 2.24. The highest BCUT2D eigenvalue weighted by Gasteiger charge is 2.06. The van der Waals surface area contributed by atoms with Gasteiger partial charge in [-0.3, -0.25) is 0 Å². The maximum absolute atomic E-state index is 2.22. The van der Waals surface area contributed by atoms with E-state index in [9.17, 15) is 0 Å². The zero-order valence-corrected chi connectivity index (χ0v) is 8.17. The lowest BCUT2D eigenvalue weighted by atomic mass is 9.99. The molecule has 0 unspecified atom stereocenters. The van der Waals surface area contributed by atoms with Crippen LogP contribution in [0.15, 0.2) is 42.0 Å². The Bertz CT molecular complexity index is 381. The van der Waals surface area contributed by atoms with E-state index < -0.39 is 0 Å². The van der Waals surface area contributed by atoms with Crippen LogP contribution in [0.25, 0.3) is 5.57 Å². The van der Waals surface area contributed by atoms with Crippen molar-refractivity contribution in [3.05, 3.63) is 53.1 Å². The van der Waals surface area contributed by atoms with Crippen molar-refractivity contribution in [1.29, 1.82) is 0 Å². The van der Waals surface area contributed by atoms with Crippen LogP contribution in [0.3, 0.4) is 0 Å². The largest absolute Gasteiger partial charge is 0.0689 e. The van der Waals surface area contributed by atoms with Gasteiger partial charge in [0, 0.05) is 0 Å². The Kier molecular flexibility index (Phi) is 2.05. The zero-order valence-electron chi connectivity index (χ0n) is 8.17. The zero-order chi connectivity index (χ0) is 9.26. The second-order valence-electron chi connectivity index (χ2n) is 3.70. The third-order valence-electron chi connectivity index (χ3n) is 2.53. The van der Waals surface area contributed by atoms with E-state index in [1.54, 1.807) is 0 Å². The fraction of sp³-hybridized carbons (Fsp3) is 0.231. The SMILES string of the molecule is CC1=CC=C(C)c2ccccc2C1. The average molecular weight is 170 g/mol. The molecule has 0 amide bonds. The van der Waals surface area contributed by atoms with E-state index in [0.29, 0.717) is 0 Å². The van der Waals surface area contributed by atoms with E-state index >= 15 is 0 Å². The van der Waals surface area contributed by atoms with E-state index in [-0.39, 0.29) is 0 Å². The molecular formula is C13H14. The van der Waals surface area contributed by atoms with Crippen LogP contribution < -0.4 is 0 Å². The summed E-state index contributed by atoms with van der Waals surface area (Å²) < 4.78 is 0. The first-order chi connectivity index (χ1) is 6.27. The first kappa shape index (κ1) is 8.31. The molecule has 0 bridgehead atoms. The van der Waals surface area contributed by atoms with Crippen LogP contribution in [0.5, 0.6) is 0 Å². The van der Waals surface area contributed by atoms with Crippen LogP contribution in [0.1, 0.15) is 25.0 Å². The van der Waals surface area contributed by atoms with Crippen LogP contribution in [-0.2, 0) is 6.42 Å². The van der Waals surface area contributed by atoms with Crippen molar-refractivity contribution in [3.63, 3.8) is 0 Å². The second kappa shape index (κ2) is 3.21. The first-order valence-electron chi connectivity index (χ1n) is 4.70. The third kappa shape index (κ3) is 1.57. The molecule has 0 fully saturated rings. The van der Waals surface area contributed by atoms with E-state index in [1.807, 2.05) is 0 Å². The van der Waals surface area contributed by atoms with Gasteiger partial charge in [-0.15, -0.1) is 0 Å². The molecule has 1 aromatic rings. The summed E-state index contributed by atoms with van der Waals surface area (Å²) in [6.07, 6.45) is 5.51. The molecule has 0 heterocycles. The minimum atomic E-state index is 1.09. The molecule has 1 aliphatic carbocycles. The number of rotatable bonds is 0. The average Bonchev–Trinajstić information content (AvgIpc) is 2.27. The molecule has 0 aromatic heterocycles. The number of hydrogen-bond donors (Lipinski definition) is 0. The molecule has 0 saturated heterocycles. The van der Waals surface area contributed by atoms with Crippen molar-refractivity contribution >= 4 is 5.57 Å². The van der Waals surface area contributed by atoms with E-state index in [0.717, 1.165) is 6.42 Å². The summed E-state index contributed by atoms with van der Waals surface area (Å²) in [5, 5.41) is 0. The van der Waals surface area contributed by atoms with Gasteiger partial charge in [0.25, 0.3) is 0 Å². The lowest BCUT2D eigenvalue weighted by Gasteiger charge is -2.06. The Morgan fingerprint density at radius 2 is 1.77 bits per heavy atom. The predicted octanol–water partition coefficient (Wildman–Crippen LogP) is 3.59. The summed E-state index contributed by atoms with van der Waals surface area (Å²) in [6.45, 7) is 4.36. The molecule has 0 atom stereocenters. The van der Waals surface area contributed by atoms with Crippen molar-refractivity contribution in [2.45, 2.75) is 20.3 Å². The summed E-state index contributed by atoms with van der Waals surface area (Å²) in [7, 11) is 0. The Morgan fingerprint density at radius 1 is 1.00 bits per heavy atom. The topological polar surface area (TPSA) is 0 Å². The van der Waals surface area contributed by atoms with Crippen LogP contribution in [0.4, 0.5) is 0 Å². The summed E-state index contributed by atoms with van der Waals surface area (Å²) >= 11 is 0. The highest BCUT2D eigenvalue weighted by atomic mass is 14.1. The summed E-state index contributed by atoms with van der Waals surface area (Å²) in [4.78, 5) is 0. The monoisotopic (exact) mass is 170 g/mol. The van der Waals surface area contributed by atoms with Crippen molar-refractivity contribution in [2.75, 3.05) is 0 Å². The molecule has 0 aliphatic heterocycles. The van der Waals surface area contributed by atoms with Crippen LogP contribution in [0, 0.1) is 0 Å². The van der Waals surface area contributed by atoms with Gasteiger partial charge in [0.15, 0.2) is 0 Å². The fourth-order valence-electron chi connectivity index (χ4n) is 1.78. The summed E-state index contributed by atoms with van der Waals surface area (Å²) in [6, 6.07) is 8.64. The van der Waals surface area contributed by atoms with Crippen LogP contribution in [-0.4, -0.2) is 0 Å². The maximum atomic E-state index is 2.22. The molecule has 13 heavy (non-hydrogen) atoms. The predicted molar refractivity (Wildman–Crippen MR) is 57.6 cm³/mol. The highest BCUT2D eigenvalue weighted by molar-refractivity contribution is 5.69. The fourth-order valence-corrected chi connectivity index (χ4v) is 1.78. The minimum absolute atomic E-state index is 1.09. The minimum Gasteiger partial charge on any atom is -0.0689 e. The molecule has 2 rings (SSSR count). The first-order valence-corrected chi connectivity index (χ1v) is 4.70. The van der Waals surface area contributed by atoms with E-state index in [4.69, 9.17) is 0 Å². The van der Waals surface area contributed by atoms with Crippen LogP contribution >= 0.6 is 0 Å². The smallest absolute Gasteiger partial charge is 0.00607 e. The van der Waals surface area contributed by atoms with E-state index in [1.165, 1.54) is 22.3 Å². The molecule has 0 nitrogen and oxygen atoms in total. The summed E-state index contributed by atoms with van der Waals surface area (Å²) in [5.41, 5.74) is 5.65. The lowest BCUT2D eigenvalue weighted by Crippen LogP contribution is -1.90. The molecular weight excluding hydrogens is 156 g/mol. The van der Waals surface area contributed by atoms with Gasteiger partial charge in [-0.25, -0.2) is 0 Å². The number of hydrogen-bond acceptors (Lipinski definition) is 0. The van der Waals surface area contributed by atoms with Gasteiger partial charge >= 0.3 is 0 Å². The molecule has 0 spiro atoms. The van der Waals surface area contributed by atoms with Gasteiger partial charge in [0.1, 0.15) is 0 Å². The van der Waals surface area contributed by atoms with Crippen molar-refractivity contribution in [1.82, 2.24) is 0 Å². The Morgan fingerprint density at radius 3 is 2.62 bits per heavy atom. The Balaban J connectivity index is 2.57. The van der Waals surface area contributed by atoms with E-state index in [2.05, 4.69) is 50.3 Å². The molecule has 66 valence electrons. The number of allylic oxidation sites excluding steroid dienone is 4. The molecule has 0 heteroatoms. The Hall–Kier alpha value is -1.30. The standard InChI is InChI=1S/C13H14/c1-10-7-8-11(2)13-6-4-3-5-12(13)9-10/h3-8H,9H2,1-2H3. The quantitative estimate of drug-likeness (QED) is 0.558. The van der Waals surface area contributed by atoms with Crippen molar-refractivity contribution in [3.8, 4) is 0 Å². The maximum Gasteiger partial charge on any atom is -0.00607 e. The van der Waals surface area contributed by atoms with Crippen LogP contribution in [0.2, 0.25) is 0 Å². The Labute approximate surface area is 79.6 Å². The van der Waals surface area contributed by atoms with Crippen molar-refractivity contribution < 1.29 is 0 Å². The van der Waals surface area contributed by atoms with Crippen molar-refractivity contribution in [2.24, 2.45) is 0 Å². The molecule has 0 saturated carbocycles. The van der Waals surface area contributed by atoms with Gasteiger partial charge in [-0.1, -0.05) is 42.0 Å². The normalized spacial score (nSPS) is 15.5.